The average molecular weight is 425 g/mol. The molecule has 1 N–H and O–H groups in total. The van der Waals surface area contributed by atoms with E-state index in [1.807, 2.05) is 49.4 Å². The van der Waals surface area contributed by atoms with E-state index in [1.54, 1.807) is 30.3 Å². The standard InChI is InChI=1S/C23H24N2O4S/c1-19-12-14-20(15-13-19)25(30(27,28)22-10-6-3-7-11-22)18-23(26)24-16-17-29-21-8-4-2-5-9-21/h2-15H,16-18H2,1H3,(H,24,26). The van der Waals surface area contributed by atoms with Gasteiger partial charge >= 0.3 is 0 Å². The first kappa shape index (κ1) is 21.4. The maximum Gasteiger partial charge on any atom is 0.264 e. The monoisotopic (exact) mass is 424 g/mol. The van der Waals surface area contributed by atoms with Crippen molar-refractivity contribution in [2.45, 2.75) is 11.8 Å². The van der Waals surface area contributed by atoms with E-state index in [0.29, 0.717) is 11.4 Å². The average Bonchev–Trinajstić information content (AvgIpc) is 2.77. The number of rotatable bonds is 9. The third-order valence-electron chi connectivity index (χ3n) is 4.38. The third-order valence-corrected chi connectivity index (χ3v) is 6.16. The molecule has 30 heavy (non-hydrogen) atoms. The van der Waals surface area contributed by atoms with Gasteiger partial charge in [-0.25, -0.2) is 8.42 Å². The number of ether oxygens (including phenoxy) is 1. The van der Waals surface area contributed by atoms with Crippen molar-refractivity contribution in [1.82, 2.24) is 5.32 Å². The molecule has 0 radical (unpaired) electrons. The van der Waals surface area contributed by atoms with Crippen LogP contribution in [0.2, 0.25) is 0 Å². The van der Waals surface area contributed by atoms with Crippen molar-refractivity contribution < 1.29 is 17.9 Å². The molecule has 1 amide bonds. The number of nitrogens with one attached hydrogen (secondary N) is 1. The van der Waals surface area contributed by atoms with Crippen molar-refractivity contribution in [3.63, 3.8) is 0 Å². The second kappa shape index (κ2) is 9.93. The molecular weight excluding hydrogens is 400 g/mol. The lowest BCUT2D eigenvalue weighted by Gasteiger charge is -2.24. The number of hydrogen-bond donors (Lipinski definition) is 1. The Bertz CT molecular complexity index is 1050. The van der Waals surface area contributed by atoms with E-state index in [1.165, 1.54) is 12.1 Å². The molecule has 0 atom stereocenters. The van der Waals surface area contributed by atoms with Crippen molar-refractivity contribution in [1.29, 1.82) is 0 Å². The molecular formula is C23H24N2O4S. The summed E-state index contributed by atoms with van der Waals surface area (Å²) in [7, 11) is -3.89. The van der Waals surface area contributed by atoms with Crippen molar-refractivity contribution >= 4 is 21.6 Å². The Morgan fingerprint density at radius 1 is 0.900 bits per heavy atom. The van der Waals surface area contributed by atoms with Gasteiger partial charge in [0.2, 0.25) is 5.91 Å². The minimum Gasteiger partial charge on any atom is -0.492 e. The Hall–Kier alpha value is -3.32. The highest BCUT2D eigenvalue weighted by Gasteiger charge is 2.26. The molecule has 0 saturated carbocycles. The van der Waals surface area contributed by atoms with Crippen LogP contribution in [-0.2, 0) is 14.8 Å². The van der Waals surface area contributed by atoms with Gasteiger partial charge in [-0.3, -0.25) is 9.10 Å². The lowest BCUT2D eigenvalue weighted by molar-refractivity contribution is -0.119. The van der Waals surface area contributed by atoms with E-state index in [-0.39, 0.29) is 24.6 Å². The number of sulfonamides is 1. The Morgan fingerprint density at radius 2 is 1.50 bits per heavy atom. The number of anilines is 1. The van der Waals surface area contributed by atoms with Gasteiger partial charge in [0.25, 0.3) is 10.0 Å². The predicted octanol–water partition coefficient (Wildman–Crippen LogP) is 3.39. The highest BCUT2D eigenvalue weighted by atomic mass is 32.2. The van der Waals surface area contributed by atoms with Crippen LogP contribution in [-0.4, -0.2) is 34.0 Å². The molecule has 3 aromatic carbocycles. The first-order valence-electron chi connectivity index (χ1n) is 9.56. The van der Waals surface area contributed by atoms with Crippen LogP contribution in [0.25, 0.3) is 0 Å². The Morgan fingerprint density at radius 3 is 2.13 bits per heavy atom. The molecule has 0 unspecified atom stereocenters. The summed E-state index contributed by atoms with van der Waals surface area (Å²) in [5.74, 6) is 0.298. The molecule has 0 aliphatic rings. The topological polar surface area (TPSA) is 75.7 Å². The quantitative estimate of drug-likeness (QED) is 0.534. The lowest BCUT2D eigenvalue weighted by atomic mass is 10.2. The first-order valence-corrected chi connectivity index (χ1v) is 11.0. The summed E-state index contributed by atoms with van der Waals surface area (Å²) < 4.78 is 33.0. The molecule has 0 aromatic heterocycles. The van der Waals surface area contributed by atoms with Crippen LogP contribution < -0.4 is 14.4 Å². The molecule has 0 aliphatic carbocycles. The zero-order valence-electron chi connectivity index (χ0n) is 16.7. The van der Waals surface area contributed by atoms with Gasteiger partial charge in [0.15, 0.2) is 0 Å². The highest BCUT2D eigenvalue weighted by molar-refractivity contribution is 7.92. The van der Waals surface area contributed by atoms with Crippen molar-refractivity contribution in [3.8, 4) is 5.75 Å². The zero-order chi connectivity index (χ0) is 21.4. The largest absolute Gasteiger partial charge is 0.492 e. The van der Waals surface area contributed by atoms with Crippen molar-refractivity contribution in [2.24, 2.45) is 0 Å². The molecule has 6 nitrogen and oxygen atoms in total. The van der Waals surface area contributed by atoms with Crippen LogP contribution in [0.1, 0.15) is 5.56 Å². The highest BCUT2D eigenvalue weighted by Crippen LogP contribution is 2.23. The smallest absolute Gasteiger partial charge is 0.264 e. The van der Waals surface area contributed by atoms with E-state index in [9.17, 15) is 13.2 Å². The number of amides is 1. The molecule has 0 fully saturated rings. The molecule has 7 heteroatoms. The molecule has 0 saturated heterocycles. The number of carbonyl (C=O) groups is 1. The van der Waals surface area contributed by atoms with Crippen LogP contribution >= 0.6 is 0 Å². The summed E-state index contributed by atoms with van der Waals surface area (Å²) in [4.78, 5) is 12.6. The normalized spacial score (nSPS) is 11.0. The minimum absolute atomic E-state index is 0.130. The summed E-state index contributed by atoms with van der Waals surface area (Å²) in [5, 5.41) is 2.72. The van der Waals surface area contributed by atoms with Gasteiger partial charge in [-0.05, 0) is 43.3 Å². The van der Waals surface area contributed by atoms with Gasteiger partial charge in [0.05, 0.1) is 17.1 Å². The number of para-hydroxylation sites is 1. The summed E-state index contributed by atoms with van der Waals surface area (Å²) in [6, 6.07) is 24.4. The Labute approximate surface area is 177 Å². The minimum atomic E-state index is -3.89. The maximum absolute atomic E-state index is 13.2. The van der Waals surface area contributed by atoms with E-state index in [0.717, 1.165) is 9.87 Å². The van der Waals surface area contributed by atoms with Crippen molar-refractivity contribution in [3.05, 3.63) is 90.5 Å². The molecule has 0 spiro atoms. The van der Waals surface area contributed by atoms with Crippen LogP contribution in [0.3, 0.4) is 0 Å². The number of benzene rings is 3. The van der Waals surface area contributed by atoms with Gasteiger partial charge in [-0.2, -0.15) is 0 Å². The molecule has 156 valence electrons. The van der Waals surface area contributed by atoms with E-state index >= 15 is 0 Å². The fourth-order valence-corrected chi connectivity index (χ4v) is 4.25. The molecule has 0 heterocycles. The van der Waals surface area contributed by atoms with Gasteiger partial charge in [-0.1, -0.05) is 54.1 Å². The summed E-state index contributed by atoms with van der Waals surface area (Å²) in [6.07, 6.45) is 0. The first-order chi connectivity index (χ1) is 14.5. The Balaban J connectivity index is 1.69. The second-order valence-corrected chi connectivity index (χ2v) is 8.53. The van der Waals surface area contributed by atoms with Crippen molar-refractivity contribution in [2.75, 3.05) is 24.0 Å². The Kier molecular flexibility index (Phi) is 7.08. The fraction of sp³-hybridized carbons (Fsp3) is 0.174. The van der Waals surface area contributed by atoms with Gasteiger partial charge in [0, 0.05) is 0 Å². The second-order valence-electron chi connectivity index (χ2n) is 6.67. The SMILES string of the molecule is Cc1ccc(N(CC(=O)NCCOc2ccccc2)S(=O)(=O)c2ccccc2)cc1. The van der Waals surface area contributed by atoms with Crippen LogP contribution in [0.4, 0.5) is 5.69 Å². The summed E-state index contributed by atoms with van der Waals surface area (Å²) >= 11 is 0. The maximum atomic E-state index is 13.2. The molecule has 0 bridgehead atoms. The summed E-state index contributed by atoms with van der Waals surface area (Å²) in [6.45, 7) is 2.14. The van der Waals surface area contributed by atoms with E-state index in [4.69, 9.17) is 4.74 Å². The predicted molar refractivity (Wildman–Crippen MR) is 117 cm³/mol. The van der Waals surface area contributed by atoms with E-state index in [2.05, 4.69) is 5.32 Å². The van der Waals surface area contributed by atoms with E-state index < -0.39 is 15.9 Å². The summed E-state index contributed by atoms with van der Waals surface area (Å²) in [5.41, 5.74) is 1.43. The molecule has 0 aliphatic heterocycles. The van der Waals surface area contributed by atoms with Crippen LogP contribution in [0.5, 0.6) is 5.75 Å². The van der Waals surface area contributed by atoms with Gasteiger partial charge in [-0.15, -0.1) is 0 Å². The van der Waals surface area contributed by atoms with Gasteiger partial charge < -0.3 is 10.1 Å². The number of aryl methyl sites for hydroxylation is 1. The lowest BCUT2D eigenvalue weighted by Crippen LogP contribution is -2.41. The zero-order valence-corrected chi connectivity index (χ0v) is 17.5. The van der Waals surface area contributed by atoms with Crippen LogP contribution in [0.15, 0.2) is 89.8 Å². The number of nitrogens with zero attached hydrogens (tertiary/aromatic N) is 1. The molecule has 3 aromatic rings. The number of hydrogen-bond acceptors (Lipinski definition) is 4. The third kappa shape index (κ3) is 5.61. The van der Waals surface area contributed by atoms with Crippen LogP contribution in [0, 0.1) is 6.92 Å². The number of carbonyl (C=O) groups excluding carboxylic acids is 1. The fourth-order valence-electron chi connectivity index (χ4n) is 2.81. The molecule has 3 rings (SSSR count). The van der Waals surface area contributed by atoms with Gasteiger partial charge in [0.1, 0.15) is 18.9 Å².